The highest BCUT2D eigenvalue weighted by atomic mass is 16.2. The lowest BCUT2D eigenvalue weighted by molar-refractivity contribution is -0.122. The summed E-state index contributed by atoms with van der Waals surface area (Å²) in [6, 6.07) is 13.6. The van der Waals surface area contributed by atoms with Crippen molar-refractivity contribution < 1.29 is 9.59 Å². The Labute approximate surface area is 164 Å². The molecule has 0 heterocycles. The Morgan fingerprint density at radius 3 is 1.25 bits per heavy atom. The minimum absolute atomic E-state index is 0.351. The van der Waals surface area contributed by atoms with Gasteiger partial charge in [0.05, 0.1) is 0 Å². The van der Waals surface area contributed by atoms with E-state index < -0.39 is 11.1 Å². The number of nitrogens with zero attached hydrogens (tertiary/aromatic N) is 2. The summed E-state index contributed by atoms with van der Waals surface area (Å²) in [5.74, 6) is -0.702. The van der Waals surface area contributed by atoms with E-state index in [9.17, 15) is 9.59 Å². The van der Waals surface area contributed by atoms with Gasteiger partial charge in [0.25, 0.3) is 11.8 Å². The van der Waals surface area contributed by atoms with Crippen molar-refractivity contribution in [1.82, 2.24) is 0 Å². The second-order valence-electron chi connectivity index (χ2n) is 7.47. The van der Waals surface area contributed by atoms with Gasteiger partial charge in [-0.15, -0.1) is 0 Å². The standard InChI is InChI=1S/C20H26N6O2/c1-19(2,17(27)23-15-9-5-13(21)6-10-15)25-26-20(3,4)18(28)24-16-11-7-14(22)8-12-16/h5-12H,21-22H2,1-4H3,(H,23,27)(H,24,28). The highest BCUT2D eigenvalue weighted by Crippen LogP contribution is 2.21. The topological polar surface area (TPSA) is 135 Å². The summed E-state index contributed by atoms with van der Waals surface area (Å²) in [6.07, 6.45) is 0. The molecule has 0 spiro atoms. The van der Waals surface area contributed by atoms with Crippen LogP contribution in [0.3, 0.4) is 0 Å². The average molecular weight is 382 g/mol. The number of carbonyl (C=O) groups excluding carboxylic acids is 2. The number of amides is 2. The molecule has 2 aromatic carbocycles. The largest absolute Gasteiger partial charge is 0.399 e. The van der Waals surface area contributed by atoms with E-state index in [1.54, 1.807) is 76.2 Å². The van der Waals surface area contributed by atoms with Gasteiger partial charge in [-0.25, -0.2) is 0 Å². The number of hydrogen-bond acceptors (Lipinski definition) is 6. The van der Waals surface area contributed by atoms with Crippen LogP contribution in [0.2, 0.25) is 0 Å². The molecule has 28 heavy (non-hydrogen) atoms. The number of nitrogens with two attached hydrogens (primary N) is 2. The maximum atomic E-state index is 12.5. The van der Waals surface area contributed by atoms with Crippen molar-refractivity contribution >= 4 is 34.6 Å². The number of carbonyl (C=O) groups is 2. The molecule has 0 atom stereocenters. The number of anilines is 4. The Morgan fingerprint density at radius 2 is 0.964 bits per heavy atom. The van der Waals surface area contributed by atoms with Crippen molar-refractivity contribution in [3.63, 3.8) is 0 Å². The summed E-state index contributed by atoms with van der Waals surface area (Å²) in [7, 11) is 0. The van der Waals surface area contributed by atoms with E-state index in [4.69, 9.17) is 11.5 Å². The smallest absolute Gasteiger partial charge is 0.253 e. The number of rotatable bonds is 6. The van der Waals surface area contributed by atoms with Crippen LogP contribution in [0, 0.1) is 0 Å². The molecule has 0 saturated carbocycles. The first-order valence-corrected chi connectivity index (χ1v) is 8.78. The molecule has 8 heteroatoms. The summed E-state index contributed by atoms with van der Waals surface area (Å²) in [4.78, 5) is 25.0. The molecule has 148 valence electrons. The monoisotopic (exact) mass is 382 g/mol. The van der Waals surface area contributed by atoms with Crippen LogP contribution < -0.4 is 22.1 Å². The van der Waals surface area contributed by atoms with Crippen molar-refractivity contribution in [3.05, 3.63) is 48.5 Å². The Hall–Kier alpha value is -3.42. The molecule has 0 radical (unpaired) electrons. The van der Waals surface area contributed by atoms with E-state index in [-0.39, 0.29) is 11.8 Å². The highest BCUT2D eigenvalue weighted by molar-refractivity contribution is 5.98. The lowest BCUT2D eigenvalue weighted by atomic mass is 10.0. The number of azo groups is 1. The maximum absolute atomic E-state index is 12.5. The molecule has 0 aliphatic carbocycles. The van der Waals surface area contributed by atoms with Crippen LogP contribution in [0.1, 0.15) is 27.7 Å². The maximum Gasteiger partial charge on any atom is 0.253 e. The van der Waals surface area contributed by atoms with Crippen LogP contribution in [0.5, 0.6) is 0 Å². The molecule has 0 saturated heterocycles. The summed E-state index contributed by atoms with van der Waals surface area (Å²) in [5, 5.41) is 13.8. The Morgan fingerprint density at radius 1 is 0.679 bits per heavy atom. The zero-order chi connectivity index (χ0) is 20.9. The van der Waals surface area contributed by atoms with Crippen LogP contribution in [-0.4, -0.2) is 22.9 Å². The van der Waals surface area contributed by atoms with Crippen LogP contribution in [-0.2, 0) is 9.59 Å². The number of hydrogen-bond donors (Lipinski definition) is 4. The van der Waals surface area contributed by atoms with E-state index in [2.05, 4.69) is 20.9 Å². The summed E-state index contributed by atoms with van der Waals surface area (Å²) >= 11 is 0. The van der Waals surface area contributed by atoms with Gasteiger partial charge in [-0.3, -0.25) is 9.59 Å². The van der Waals surface area contributed by atoms with Gasteiger partial charge in [0.1, 0.15) is 0 Å². The van der Waals surface area contributed by atoms with E-state index >= 15 is 0 Å². The van der Waals surface area contributed by atoms with Gasteiger partial charge in [-0.05, 0) is 76.2 Å². The second kappa shape index (κ2) is 8.08. The fraction of sp³-hybridized carbons (Fsp3) is 0.300. The molecule has 2 aromatic rings. The number of nitrogen functional groups attached to an aromatic ring is 2. The van der Waals surface area contributed by atoms with E-state index in [1.165, 1.54) is 0 Å². The fourth-order valence-electron chi connectivity index (χ4n) is 2.04. The normalized spacial score (nSPS) is 12.0. The Kier molecular flexibility index (Phi) is 6.03. The second-order valence-corrected chi connectivity index (χ2v) is 7.47. The number of nitrogens with one attached hydrogen (secondary N) is 2. The van der Waals surface area contributed by atoms with Crippen molar-refractivity contribution in [2.75, 3.05) is 22.1 Å². The predicted molar refractivity (Wildman–Crippen MR) is 112 cm³/mol. The third-order valence-electron chi connectivity index (χ3n) is 4.00. The molecule has 6 N–H and O–H groups in total. The molecule has 0 aromatic heterocycles. The summed E-state index contributed by atoms with van der Waals surface area (Å²) in [5.41, 5.74) is 11.4. The minimum atomic E-state index is -1.17. The Bertz CT molecular complexity index is 797. The van der Waals surface area contributed by atoms with Crippen molar-refractivity contribution in [3.8, 4) is 0 Å². The molecule has 2 amide bonds. The van der Waals surface area contributed by atoms with Gasteiger partial charge in [0.15, 0.2) is 11.1 Å². The Balaban J connectivity index is 2.05. The van der Waals surface area contributed by atoms with E-state index in [0.717, 1.165) is 0 Å². The first kappa shape index (κ1) is 20.9. The molecule has 0 aliphatic rings. The molecule has 8 nitrogen and oxygen atoms in total. The average Bonchev–Trinajstić information content (AvgIpc) is 2.64. The molecule has 0 bridgehead atoms. The van der Waals surface area contributed by atoms with Crippen molar-refractivity contribution in [2.45, 2.75) is 38.8 Å². The summed E-state index contributed by atoms with van der Waals surface area (Å²) in [6.45, 7) is 6.49. The quantitative estimate of drug-likeness (QED) is 0.449. The lowest BCUT2D eigenvalue weighted by Crippen LogP contribution is -2.38. The van der Waals surface area contributed by atoms with Crippen molar-refractivity contribution in [1.29, 1.82) is 0 Å². The molecule has 0 fully saturated rings. The van der Waals surface area contributed by atoms with Crippen molar-refractivity contribution in [2.24, 2.45) is 10.2 Å². The SMILES string of the molecule is CC(C)(N=NC(C)(C)C(=O)Nc1ccc(N)cc1)C(=O)Nc1ccc(N)cc1. The molecular formula is C20H26N6O2. The zero-order valence-electron chi connectivity index (χ0n) is 16.5. The zero-order valence-corrected chi connectivity index (χ0v) is 16.5. The molecule has 2 rings (SSSR count). The first-order chi connectivity index (χ1) is 13.0. The van der Waals surface area contributed by atoms with Gasteiger partial charge in [-0.1, -0.05) is 0 Å². The van der Waals surface area contributed by atoms with Gasteiger partial charge >= 0.3 is 0 Å². The van der Waals surface area contributed by atoms with Crippen LogP contribution in [0.4, 0.5) is 22.7 Å². The third kappa shape index (κ3) is 5.54. The summed E-state index contributed by atoms with van der Waals surface area (Å²) < 4.78 is 0. The first-order valence-electron chi connectivity index (χ1n) is 8.78. The number of benzene rings is 2. The van der Waals surface area contributed by atoms with E-state index in [1.807, 2.05) is 0 Å². The van der Waals surface area contributed by atoms with Gasteiger partial charge in [-0.2, -0.15) is 10.2 Å². The highest BCUT2D eigenvalue weighted by Gasteiger charge is 2.32. The van der Waals surface area contributed by atoms with Gasteiger partial charge < -0.3 is 22.1 Å². The minimum Gasteiger partial charge on any atom is -0.399 e. The van der Waals surface area contributed by atoms with Crippen LogP contribution >= 0.6 is 0 Å². The van der Waals surface area contributed by atoms with Crippen LogP contribution in [0.25, 0.3) is 0 Å². The van der Waals surface area contributed by atoms with E-state index in [0.29, 0.717) is 22.7 Å². The van der Waals surface area contributed by atoms with Crippen LogP contribution in [0.15, 0.2) is 58.8 Å². The molecular weight excluding hydrogens is 356 g/mol. The lowest BCUT2D eigenvalue weighted by Gasteiger charge is -2.22. The van der Waals surface area contributed by atoms with Gasteiger partial charge in [0.2, 0.25) is 0 Å². The predicted octanol–water partition coefficient (Wildman–Crippen LogP) is 3.44. The third-order valence-corrected chi connectivity index (χ3v) is 4.00. The fourth-order valence-corrected chi connectivity index (χ4v) is 2.04. The molecule has 0 aliphatic heterocycles. The van der Waals surface area contributed by atoms with Gasteiger partial charge in [0, 0.05) is 22.7 Å². The molecule has 0 unspecified atom stereocenters.